The molecule has 25 heavy (non-hydrogen) atoms. The monoisotopic (exact) mass is 342 g/mol. The fourth-order valence-electron chi connectivity index (χ4n) is 2.39. The predicted molar refractivity (Wildman–Crippen MR) is 90.4 cm³/mol. The standard InChI is InChI=1S/C18H18N2O5/c1-20(2)16(21)14-6-4-3-5-13(14)15(25-18(19)24)11-7-9-12(10-8-11)17(22)23/h3-10,15H,1-2H3,(H2,19,24)(H,22,23). The molecule has 1 unspecified atom stereocenters. The second-order valence-corrected chi connectivity index (χ2v) is 5.53. The number of benzene rings is 2. The van der Waals surface area contributed by atoms with Gasteiger partial charge in [0.25, 0.3) is 5.91 Å². The van der Waals surface area contributed by atoms with E-state index in [0.29, 0.717) is 16.7 Å². The molecule has 0 heterocycles. The topological polar surface area (TPSA) is 110 Å². The van der Waals surface area contributed by atoms with Gasteiger partial charge in [0.1, 0.15) is 0 Å². The van der Waals surface area contributed by atoms with Gasteiger partial charge in [-0.05, 0) is 23.8 Å². The van der Waals surface area contributed by atoms with Gasteiger partial charge in [0.05, 0.1) is 5.56 Å². The minimum atomic E-state index is -1.07. The molecule has 0 aromatic heterocycles. The number of primary amides is 1. The zero-order valence-electron chi connectivity index (χ0n) is 13.8. The molecule has 0 bridgehead atoms. The molecular weight excluding hydrogens is 324 g/mol. The second-order valence-electron chi connectivity index (χ2n) is 5.53. The molecule has 0 aliphatic carbocycles. The number of ether oxygens (including phenoxy) is 1. The highest BCUT2D eigenvalue weighted by Gasteiger charge is 2.24. The average Bonchev–Trinajstić information content (AvgIpc) is 2.59. The third-order valence-corrected chi connectivity index (χ3v) is 3.57. The first-order valence-electron chi connectivity index (χ1n) is 7.41. The molecule has 0 saturated carbocycles. The van der Waals surface area contributed by atoms with E-state index in [1.54, 1.807) is 38.4 Å². The molecule has 7 nitrogen and oxygen atoms in total. The molecule has 3 N–H and O–H groups in total. The van der Waals surface area contributed by atoms with Crippen LogP contribution in [-0.4, -0.2) is 42.1 Å². The minimum Gasteiger partial charge on any atom is -0.478 e. The van der Waals surface area contributed by atoms with E-state index in [9.17, 15) is 14.4 Å². The number of carboxylic acids is 1. The Bertz CT molecular complexity index is 799. The molecule has 0 aliphatic heterocycles. The summed E-state index contributed by atoms with van der Waals surface area (Å²) in [5, 5.41) is 9.00. The van der Waals surface area contributed by atoms with Crippen molar-refractivity contribution >= 4 is 18.0 Å². The number of aromatic carboxylic acids is 1. The van der Waals surface area contributed by atoms with Gasteiger partial charge < -0.3 is 20.5 Å². The molecule has 2 aromatic carbocycles. The lowest BCUT2D eigenvalue weighted by Gasteiger charge is -2.21. The number of carbonyl (C=O) groups excluding carboxylic acids is 2. The van der Waals surface area contributed by atoms with Crippen LogP contribution in [0.2, 0.25) is 0 Å². The van der Waals surface area contributed by atoms with Crippen molar-refractivity contribution in [3.63, 3.8) is 0 Å². The molecule has 0 radical (unpaired) electrons. The summed E-state index contributed by atoms with van der Waals surface area (Å²) in [6, 6.07) is 12.5. The highest BCUT2D eigenvalue weighted by molar-refractivity contribution is 5.95. The fourth-order valence-corrected chi connectivity index (χ4v) is 2.39. The Morgan fingerprint density at radius 2 is 1.64 bits per heavy atom. The molecular formula is C18H18N2O5. The number of amides is 2. The number of carboxylic acid groups (broad SMARTS) is 1. The van der Waals surface area contributed by atoms with Gasteiger partial charge in [0.2, 0.25) is 0 Å². The van der Waals surface area contributed by atoms with Crippen molar-refractivity contribution in [2.45, 2.75) is 6.10 Å². The fraction of sp³-hybridized carbons (Fsp3) is 0.167. The number of carbonyl (C=O) groups is 3. The predicted octanol–water partition coefficient (Wildman–Crippen LogP) is 2.27. The van der Waals surface area contributed by atoms with Crippen LogP contribution in [-0.2, 0) is 4.74 Å². The van der Waals surface area contributed by atoms with E-state index in [1.165, 1.54) is 29.2 Å². The molecule has 0 fully saturated rings. The summed E-state index contributed by atoms with van der Waals surface area (Å²) >= 11 is 0. The second kappa shape index (κ2) is 7.48. The SMILES string of the molecule is CN(C)C(=O)c1ccccc1C(OC(N)=O)c1ccc(C(=O)O)cc1. The number of rotatable bonds is 5. The van der Waals surface area contributed by atoms with Crippen LogP contribution in [0.15, 0.2) is 48.5 Å². The van der Waals surface area contributed by atoms with Crippen LogP contribution in [0.4, 0.5) is 4.79 Å². The van der Waals surface area contributed by atoms with E-state index >= 15 is 0 Å². The summed E-state index contributed by atoms with van der Waals surface area (Å²) in [7, 11) is 3.23. The summed E-state index contributed by atoms with van der Waals surface area (Å²) in [6.45, 7) is 0. The van der Waals surface area contributed by atoms with Gasteiger partial charge >= 0.3 is 12.1 Å². The lowest BCUT2D eigenvalue weighted by molar-refractivity contribution is 0.0696. The Kier molecular flexibility index (Phi) is 5.38. The van der Waals surface area contributed by atoms with Gasteiger partial charge in [-0.15, -0.1) is 0 Å². The minimum absolute atomic E-state index is 0.0965. The van der Waals surface area contributed by atoms with Gasteiger partial charge in [-0.25, -0.2) is 9.59 Å². The van der Waals surface area contributed by atoms with E-state index < -0.39 is 18.2 Å². The first kappa shape index (κ1) is 18.0. The van der Waals surface area contributed by atoms with Gasteiger partial charge in [0.15, 0.2) is 6.10 Å². The number of nitrogens with two attached hydrogens (primary N) is 1. The van der Waals surface area contributed by atoms with Crippen molar-refractivity contribution < 1.29 is 24.2 Å². The van der Waals surface area contributed by atoms with E-state index in [0.717, 1.165) is 0 Å². The van der Waals surface area contributed by atoms with Crippen LogP contribution in [0, 0.1) is 0 Å². The summed E-state index contributed by atoms with van der Waals surface area (Å²) in [4.78, 5) is 36.2. The summed E-state index contributed by atoms with van der Waals surface area (Å²) < 4.78 is 5.21. The Hall–Kier alpha value is -3.35. The number of nitrogens with zero attached hydrogens (tertiary/aromatic N) is 1. The van der Waals surface area contributed by atoms with E-state index in [-0.39, 0.29) is 11.5 Å². The summed E-state index contributed by atoms with van der Waals surface area (Å²) in [5.74, 6) is -1.32. The molecule has 2 aromatic rings. The first-order chi connectivity index (χ1) is 11.8. The highest BCUT2D eigenvalue weighted by atomic mass is 16.6. The number of hydrogen-bond donors (Lipinski definition) is 2. The lowest BCUT2D eigenvalue weighted by atomic mass is 9.95. The van der Waals surface area contributed by atoms with Gasteiger partial charge in [-0.1, -0.05) is 30.3 Å². The van der Waals surface area contributed by atoms with Crippen LogP contribution in [0.5, 0.6) is 0 Å². The van der Waals surface area contributed by atoms with Crippen molar-refractivity contribution in [2.24, 2.45) is 5.73 Å². The van der Waals surface area contributed by atoms with Gasteiger partial charge in [-0.3, -0.25) is 4.79 Å². The zero-order valence-corrected chi connectivity index (χ0v) is 13.8. The zero-order chi connectivity index (χ0) is 18.6. The Morgan fingerprint density at radius 1 is 1.04 bits per heavy atom. The van der Waals surface area contributed by atoms with Crippen molar-refractivity contribution in [1.29, 1.82) is 0 Å². The van der Waals surface area contributed by atoms with Gasteiger partial charge in [0, 0.05) is 25.2 Å². The molecule has 2 rings (SSSR count). The highest BCUT2D eigenvalue weighted by Crippen LogP contribution is 2.29. The molecule has 0 spiro atoms. The quantitative estimate of drug-likeness (QED) is 0.866. The molecule has 130 valence electrons. The van der Waals surface area contributed by atoms with Crippen molar-refractivity contribution in [3.8, 4) is 0 Å². The van der Waals surface area contributed by atoms with Crippen molar-refractivity contribution in [2.75, 3.05) is 14.1 Å². The largest absolute Gasteiger partial charge is 0.478 e. The molecule has 0 aliphatic rings. The normalized spacial score (nSPS) is 11.4. The van der Waals surface area contributed by atoms with Crippen LogP contribution in [0.25, 0.3) is 0 Å². The van der Waals surface area contributed by atoms with E-state index in [1.807, 2.05) is 0 Å². The van der Waals surface area contributed by atoms with Crippen LogP contribution in [0.3, 0.4) is 0 Å². The maximum absolute atomic E-state index is 12.4. The third kappa shape index (κ3) is 4.14. The molecule has 1 atom stereocenters. The Balaban J connectivity index is 2.53. The Morgan fingerprint density at radius 3 is 2.16 bits per heavy atom. The van der Waals surface area contributed by atoms with Crippen LogP contribution < -0.4 is 5.73 Å². The third-order valence-electron chi connectivity index (χ3n) is 3.57. The smallest absolute Gasteiger partial charge is 0.405 e. The van der Waals surface area contributed by atoms with Gasteiger partial charge in [-0.2, -0.15) is 0 Å². The first-order valence-corrected chi connectivity index (χ1v) is 7.41. The van der Waals surface area contributed by atoms with Crippen molar-refractivity contribution in [3.05, 3.63) is 70.8 Å². The Labute approximate surface area is 144 Å². The van der Waals surface area contributed by atoms with E-state index in [2.05, 4.69) is 0 Å². The van der Waals surface area contributed by atoms with E-state index in [4.69, 9.17) is 15.6 Å². The van der Waals surface area contributed by atoms with Crippen LogP contribution in [0.1, 0.15) is 37.9 Å². The maximum atomic E-state index is 12.4. The van der Waals surface area contributed by atoms with Crippen molar-refractivity contribution in [1.82, 2.24) is 4.90 Å². The average molecular weight is 342 g/mol. The van der Waals surface area contributed by atoms with Crippen LogP contribution >= 0.6 is 0 Å². The maximum Gasteiger partial charge on any atom is 0.405 e. The lowest BCUT2D eigenvalue weighted by Crippen LogP contribution is -2.25. The molecule has 2 amide bonds. The summed E-state index contributed by atoms with van der Waals surface area (Å²) in [5.41, 5.74) is 6.60. The summed E-state index contributed by atoms with van der Waals surface area (Å²) in [6.07, 6.45) is -1.93. The number of hydrogen-bond acceptors (Lipinski definition) is 4. The molecule has 0 saturated heterocycles. The molecule has 7 heteroatoms.